The molecule has 0 spiro atoms. The summed E-state index contributed by atoms with van der Waals surface area (Å²) in [5.41, 5.74) is 0. The average Bonchev–Trinajstić information content (AvgIpc) is 2.28. The van der Waals surface area contributed by atoms with Crippen LogP contribution in [-0.2, 0) is 14.6 Å². The first kappa shape index (κ1) is 17.4. The van der Waals surface area contributed by atoms with Gasteiger partial charge >= 0.3 is 0 Å². The molecule has 0 aromatic rings. The zero-order chi connectivity index (χ0) is 15.3. The minimum atomic E-state index is -3.29. The number of carbonyl (C=O) groups excluding carboxylic acids is 1. The van der Waals surface area contributed by atoms with Crippen LogP contribution in [0, 0.1) is 5.92 Å². The Morgan fingerprint density at radius 2 is 2.00 bits per heavy atom. The second kappa shape index (κ2) is 7.38. The van der Waals surface area contributed by atoms with Crippen molar-refractivity contribution in [1.29, 1.82) is 0 Å². The van der Waals surface area contributed by atoms with Gasteiger partial charge in [0.05, 0.1) is 0 Å². The van der Waals surface area contributed by atoms with E-state index in [9.17, 15) is 13.2 Å². The molecule has 0 aromatic heterocycles. The van der Waals surface area contributed by atoms with Crippen molar-refractivity contribution in [3.63, 3.8) is 0 Å². The maximum atomic E-state index is 12.0. The molecule has 1 aliphatic rings. The fourth-order valence-electron chi connectivity index (χ4n) is 2.57. The molecule has 1 amide bonds. The molecule has 1 rings (SSSR count). The number of hydrogen-bond donors (Lipinski definition) is 1. The highest BCUT2D eigenvalue weighted by atomic mass is 32.2. The number of piperazine rings is 1. The zero-order valence-electron chi connectivity index (χ0n) is 12.6. The molecular weight excluding hydrogens is 280 g/mol. The Hall–Kier alpha value is -0.660. The fraction of sp³-hybridized carbons (Fsp3) is 0.923. The van der Waals surface area contributed by atoms with Gasteiger partial charge in [-0.25, -0.2) is 8.42 Å². The van der Waals surface area contributed by atoms with Crippen LogP contribution in [0.15, 0.2) is 0 Å². The number of carbonyl (C=O) groups is 1. The van der Waals surface area contributed by atoms with E-state index < -0.39 is 15.6 Å². The minimum absolute atomic E-state index is 0.0768. The van der Waals surface area contributed by atoms with Crippen molar-refractivity contribution in [1.82, 2.24) is 9.80 Å². The van der Waals surface area contributed by atoms with Crippen LogP contribution in [0.5, 0.6) is 0 Å². The molecule has 0 aliphatic carbocycles. The maximum Gasteiger partial charge on any atom is 0.237 e. The highest BCUT2D eigenvalue weighted by molar-refractivity contribution is 7.91. The van der Waals surface area contributed by atoms with Gasteiger partial charge < -0.3 is 10.0 Å². The predicted octanol–water partition coefficient (Wildman–Crippen LogP) is -0.418. The maximum absolute atomic E-state index is 12.0. The van der Waals surface area contributed by atoms with Crippen molar-refractivity contribution in [2.24, 2.45) is 5.92 Å². The van der Waals surface area contributed by atoms with Crippen LogP contribution in [0.3, 0.4) is 0 Å². The molecule has 1 N–H and O–H groups in total. The standard InChI is InChI=1S/C13H26N2O4S/c1-11(2)8-14-5-6-15(9-12(14)4-7-16)13(17)10-20(3,18)19/h11-12,16H,4-10H2,1-3H3/t12-/m0/s1. The summed E-state index contributed by atoms with van der Waals surface area (Å²) in [5, 5.41) is 9.16. The summed E-state index contributed by atoms with van der Waals surface area (Å²) in [6, 6.07) is 0.111. The smallest absolute Gasteiger partial charge is 0.237 e. The highest BCUT2D eigenvalue weighted by Crippen LogP contribution is 2.15. The third-order valence-electron chi connectivity index (χ3n) is 3.41. The topological polar surface area (TPSA) is 77.9 Å². The van der Waals surface area contributed by atoms with Crippen LogP contribution in [0.4, 0.5) is 0 Å². The van der Waals surface area contributed by atoms with Gasteiger partial charge in [0.15, 0.2) is 9.84 Å². The Morgan fingerprint density at radius 3 is 2.50 bits per heavy atom. The predicted molar refractivity (Wildman–Crippen MR) is 78.2 cm³/mol. The summed E-state index contributed by atoms with van der Waals surface area (Å²) in [7, 11) is -3.29. The lowest BCUT2D eigenvalue weighted by atomic mass is 10.1. The lowest BCUT2D eigenvalue weighted by Crippen LogP contribution is -2.56. The fourth-order valence-corrected chi connectivity index (χ4v) is 3.20. The summed E-state index contributed by atoms with van der Waals surface area (Å²) in [4.78, 5) is 15.9. The van der Waals surface area contributed by atoms with Gasteiger partial charge in [-0.15, -0.1) is 0 Å². The molecule has 1 saturated heterocycles. The molecule has 1 atom stereocenters. The SMILES string of the molecule is CC(C)CN1CCN(C(=O)CS(C)(=O)=O)C[C@@H]1CCO. The molecule has 20 heavy (non-hydrogen) atoms. The van der Waals surface area contributed by atoms with Crippen molar-refractivity contribution in [2.45, 2.75) is 26.3 Å². The number of rotatable bonds is 6. The minimum Gasteiger partial charge on any atom is -0.396 e. The van der Waals surface area contributed by atoms with E-state index >= 15 is 0 Å². The number of sulfone groups is 1. The van der Waals surface area contributed by atoms with Gasteiger partial charge in [-0.1, -0.05) is 13.8 Å². The first-order valence-electron chi connectivity index (χ1n) is 7.03. The molecule has 0 unspecified atom stereocenters. The number of aliphatic hydroxyl groups is 1. The van der Waals surface area contributed by atoms with Crippen LogP contribution in [-0.4, -0.2) is 80.1 Å². The van der Waals surface area contributed by atoms with Crippen molar-refractivity contribution in [3.05, 3.63) is 0 Å². The van der Waals surface area contributed by atoms with Gasteiger partial charge in [0.1, 0.15) is 5.75 Å². The Morgan fingerprint density at radius 1 is 1.35 bits per heavy atom. The molecule has 1 heterocycles. The summed E-state index contributed by atoms with van der Waals surface area (Å²) < 4.78 is 22.4. The van der Waals surface area contributed by atoms with E-state index in [-0.39, 0.29) is 18.6 Å². The Balaban J connectivity index is 2.65. The molecule has 6 nitrogen and oxygen atoms in total. The van der Waals surface area contributed by atoms with E-state index in [1.807, 2.05) is 0 Å². The highest BCUT2D eigenvalue weighted by Gasteiger charge is 2.30. The molecule has 118 valence electrons. The Bertz CT molecular complexity index is 422. The monoisotopic (exact) mass is 306 g/mol. The lowest BCUT2D eigenvalue weighted by molar-refractivity contribution is -0.131. The lowest BCUT2D eigenvalue weighted by Gasteiger charge is -2.42. The van der Waals surface area contributed by atoms with Gasteiger partial charge in [0, 0.05) is 45.1 Å². The number of hydrogen-bond acceptors (Lipinski definition) is 5. The quantitative estimate of drug-likeness (QED) is 0.721. The number of nitrogens with zero attached hydrogens (tertiary/aromatic N) is 2. The van der Waals surface area contributed by atoms with Crippen LogP contribution >= 0.6 is 0 Å². The molecule has 0 bridgehead atoms. The van der Waals surface area contributed by atoms with E-state index in [1.165, 1.54) is 0 Å². The third kappa shape index (κ3) is 5.76. The van der Waals surface area contributed by atoms with E-state index in [2.05, 4.69) is 18.7 Å². The summed E-state index contributed by atoms with van der Waals surface area (Å²) in [5.74, 6) is -0.239. The molecule has 1 aliphatic heterocycles. The van der Waals surface area contributed by atoms with Crippen LogP contribution in [0.1, 0.15) is 20.3 Å². The van der Waals surface area contributed by atoms with Crippen LogP contribution in [0.2, 0.25) is 0 Å². The second-order valence-corrected chi connectivity index (χ2v) is 8.10. The molecule has 0 radical (unpaired) electrons. The van der Waals surface area contributed by atoms with Gasteiger partial charge in [0.25, 0.3) is 0 Å². The largest absolute Gasteiger partial charge is 0.396 e. The third-order valence-corrected chi connectivity index (χ3v) is 4.18. The van der Waals surface area contributed by atoms with Crippen molar-refractivity contribution in [2.75, 3.05) is 44.8 Å². The van der Waals surface area contributed by atoms with E-state index in [1.54, 1.807) is 4.90 Å². The van der Waals surface area contributed by atoms with E-state index in [0.29, 0.717) is 25.4 Å². The van der Waals surface area contributed by atoms with E-state index in [0.717, 1.165) is 19.3 Å². The first-order chi connectivity index (χ1) is 9.23. The zero-order valence-corrected chi connectivity index (χ0v) is 13.4. The Labute approximate surface area is 121 Å². The molecule has 0 aromatic carbocycles. The molecule has 1 fully saturated rings. The second-order valence-electron chi connectivity index (χ2n) is 5.96. The summed E-state index contributed by atoms with van der Waals surface area (Å²) in [6.45, 7) is 7.07. The first-order valence-corrected chi connectivity index (χ1v) is 9.09. The number of amides is 1. The van der Waals surface area contributed by atoms with Crippen LogP contribution in [0.25, 0.3) is 0 Å². The average molecular weight is 306 g/mol. The van der Waals surface area contributed by atoms with Gasteiger partial charge in [-0.2, -0.15) is 0 Å². The number of aliphatic hydroxyl groups excluding tert-OH is 1. The summed E-state index contributed by atoms with van der Waals surface area (Å²) in [6.07, 6.45) is 1.68. The van der Waals surface area contributed by atoms with Gasteiger partial charge in [-0.05, 0) is 12.3 Å². The van der Waals surface area contributed by atoms with Gasteiger partial charge in [0.2, 0.25) is 5.91 Å². The molecule has 7 heteroatoms. The normalized spacial score (nSPS) is 21.4. The van der Waals surface area contributed by atoms with Gasteiger partial charge in [-0.3, -0.25) is 9.69 Å². The van der Waals surface area contributed by atoms with E-state index in [4.69, 9.17) is 5.11 Å². The Kier molecular flexibility index (Phi) is 6.42. The molecule has 0 saturated carbocycles. The van der Waals surface area contributed by atoms with Crippen LogP contribution < -0.4 is 0 Å². The summed E-state index contributed by atoms with van der Waals surface area (Å²) >= 11 is 0. The van der Waals surface area contributed by atoms with Crippen molar-refractivity contribution >= 4 is 15.7 Å². The van der Waals surface area contributed by atoms with Crippen molar-refractivity contribution < 1.29 is 18.3 Å². The molecular formula is C13H26N2O4S. The van der Waals surface area contributed by atoms with Crippen molar-refractivity contribution in [3.8, 4) is 0 Å².